The number of benzene rings is 1. The number of halogens is 4. The van der Waals surface area contributed by atoms with Crippen molar-refractivity contribution in [2.24, 2.45) is 0 Å². The summed E-state index contributed by atoms with van der Waals surface area (Å²) in [6, 6.07) is -0.619. The van der Waals surface area contributed by atoms with Gasteiger partial charge in [0.25, 0.3) is 0 Å². The Labute approximate surface area is 250 Å². The average Bonchev–Trinajstić information content (AvgIpc) is 3.55. The van der Waals surface area contributed by atoms with Gasteiger partial charge in [-0.3, -0.25) is 9.80 Å². The molecular formula is C29H35BrF3N5O4. The lowest BCUT2D eigenvalue weighted by Gasteiger charge is -2.48. The first-order valence-electron chi connectivity index (χ1n) is 14.8. The van der Waals surface area contributed by atoms with Crippen molar-refractivity contribution in [1.29, 1.82) is 0 Å². The highest BCUT2D eigenvalue weighted by molar-refractivity contribution is 9.10. The number of rotatable bonds is 3. The third-order valence-corrected chi connectivity index (χ3v) is 10.2. The summed E-state index contributed by atoms with van der Waals surface area (Å²) in [5.41, 5.74) is -1.20. The zero-order chi connectivity index (χ0) is 29.6. The fraction of sp³-hybridized carbons (Fsp3) is 0.690. The second-order valence-corrected chi connectivity index (χ2v) is 14.0. The van der Waals surface area contributed by atoms with Crippen LogP contribution in [0.2, 0.25) is 0 Å². The van der Waals surface area contributed by atoms with Gasteiger partial charge in [-0.2, -0.15) is 9.97 Å². The van der Waals surface area contributed by atoms with Gasteiger partial charge < -0.3 is 19.1 Å². The topological polar surface area (TPSA) is 80.3 Å². The highest BCUT2D eigenvalue weighted by Gasteiger charge is 2.52. The summed E-state index contributed by atoms with van der Waals surface area (Å²) < 4.78 is 63.0. The molecule has 2 bridgehead atoms. The Bertz CT molecular complexity index is 1440. The maximum absolute atomic E-state index is 15.7. The molecule has 2 aromatic rings. The molecule has 228 valence electrons. The first-order valence-corrected chi connectivity index (χ1v) is 15.6. The van der Waals surface area contributed by atoms with E-state index in [1.807, 2.05) is 30.6 Å². The van der Waals surface area contributed by atoms with E-state index >= 15 is 8.78 Å². The average molecular weight is 655 g/mol. The summed E-state index contributed by atoms with van der Waals surface area (Å²) in [5.74, 6) is -1.53. The van der Waals surface area contributed by atoms with Gasteiger partial charge in [0.05, 0.1) is 40.1 Å². The third-order valence-electron chi connectivity index (χ3n) is 9.45. The molecule has 0 radical (unpaired) electrons. The molecule has 1 aromatic heterocycles. The number of nitrogens with zero attached hydrogens (tertiary/aromatic N) is 5. The number of hydrogen-bond acceptors (Lipinski definition) is 8. The van der Waals surface area contributed by atoms with E-state index in [4.69, 9.17) is 19.2 Å². The molecule has 2 unspecified atom stereocenters. The van der Waals surface area contributed by atoms with Crippen molar-refractivity contribution >= 4 is 38.7 Å². The highest BCUT2D eigenvalue weighted by atomic mass is 79.9. The Morgan fingerprint density at radius 1 is 1.14 bits per heavy atom. The summed E-state index contributed by atoms with van der Waals surface area (Å²) in [7, 11) is 0. The van der Waals surface area contributed by atoms with Crippen molar-refractivity contribution in [3.63, 3.8) is 0 Å². The molecular weight excluding hydrogens is 619 g/mol. The minimum absolute atomic E-state index is 0.0503. The fourth-order valence-corrected chi connectivity index (χ4v) is 8.14. The predicted molar refractivity (Wildman–Crippen MR) is 152 cm³/mol. The van der Waals surface area contributed by atoms with Crippen LogP contribution in [0.15, 0.2) is 4.47 Å². The molecule has 0 N–H and O–H groups in total. The molecule has 5 aliphatic heterocycles. The number of alkyl halides is 1. The van der Waals surface area contributed by atoms with Gasteiger partial charge in [-0.25, -0.2) is 18.0 Å². The van der Waals surface area contributed by atoms with Gasteiger partial charge in [-0.15, -0.1) is 0 Å². The fourth-order valence-electron chi connectivity index (χ4n) is 7.77. The molecule has 42 heavy (non-hydrogen) atoms. The third kappa shape index (κ3) is 4.48. The van der Waals surface area contributed by atoms with Gasteiger partial charge in [0.2, 0.25) is 0 Å². The van der Waals surface area contributed by atoms with Crippen LogP contribution in [0.3, 0.4) is 0 Å². The number of anilines is 1. The van der Waals surface area contributed by atoms with Gasteiger partial charge in [-0.1, -0.05) is 0 Å². The van der Waals surface area contributed by atoms with Gasteiger partial charge >= 0.3 is 12.1 Å². The minimum atomic E-state index is -0.923. The Kier molecular flexibility index (Phi) is 6.73. The number of ether oxygens (including phenoxy) is 3. The van der Waals surface area contributed by atoms with E-state index in [0.29, 0.717) is 31.7 Å². The molecule has 4 fully saturated rings. The van der Waals surface area contributed by atoms with Crippen molar-refractivity contribution in [3.8, 4) is 11.8 Å². The van der Waals surface area contributed by atoms with Crippen LogP contribution in [0.4, 0.5) is 23.8 Å². The molecule has 6 heterocycles. The van der Waals surface area contributed by atoms with Crippen LogP contribution < -0.4 is 14.4 Å². The van der Waals surface area contributed by atoms with Gasteiger partial charge in [0.15, 0.2) is 17.4 Å². The minimum Gasteiger partial charge on any atom is -0.490 e. The van der Waals surface area contributed by atoms with Crippen LogP contribution in [0.5, 0.6) is 11.8 Å². The number of amides is 1. The molecule has 1 aromatic carbocycles. The van der Waals surface area contributed by atoms with Crippen molar-refractivity contribution < 1.29 is 32.2 Å². The van der Waals surface area contributed by atoms with E-state index in [-0.39, 0.29) is 64.6 Å². The van der Waals surface area contributed by atoms with Crippen LogP contribution in [0.25, 0.3) is 10.9 Å². The van der Waals surface area contributed by atoms with Crippen molar-refractivity contribution in [2.75, 3.05) is 37.7 Å². The van der Waals surface area contributed by atoms with E-state index in [1.54, 1.807) is 0 Å². The molecule has 5 aliphatic rings. The van der Waals surface area contributed by atoms with Gasteiger partial charge in [0, 0.05) is 25.9 Å². The largest absolute Gasteiger partial charge is 0.490 e. The Morgan fingerprint density at radius 3 is 2.74 bits per heavy atom. The summed E-state index contributed by atoms with van der Waals surface area (Å²) in [5, 5.41) is 0.140. The van der Waals surface area contributed by atoms with Gasteiger partial charge in [0.1, 0.15) is 29.7 Å². The Balaban J connectivity index is 1.30. The lowest BCUT2D eigenvalue weighted by molar-refractivity contribution is 0.00638. The molecule has 1 amide bonds. The highest BCUT2D eigenvalue weighted by Crippen LogP contribution is 2.47. The summed E-state index contributed by atoms with van der Waals surface area (Å²) in [4.78, 5) is 28.4. The normalized spacial score (nSPS) is 30.5. The van der Waals surface area contributed by atoms with E-state index in [1.165, 1.54) is 0 Å². The second-order valence-electron chi connectivity index (χ2n) is 13.2. The van der Waals surface area contributed by atoms with Crippen LogP contribution in [-0.4, -0.2) is 94.1 Å². The predicted octanol–water partition coefficient (Wildman–Crippen LogP) is 5.36. The van der Waals surface area contributed by atoms with Crippen LogP contribution in [0.1, 0.15) is 59.3 Å². The van der Waals surface area contributed by atoms with Crippen molar-refractivity contribution in [2.45, 2.75) is 94.7 Å². The quantitative estimate of drug-likeness (QED) is 0.410. The smallest absolute Gasteiger partial charge is 0.410 e. The molecule has 9 nitrogen and oxygen atoms in total. The molecule has 4 saturated heterocycles. The standard InChI is InChI=1S/C29H35BrF3N5O4/c1-28(2,3)42-27(39)38-16-5-6-18(38)17-7-10-40-24-19-23(21(32)20(30)22(24)33)34-26(35-25(19)37(17)13-16)41-14-29-8-4-9-36(29)12-15(31)11-29/h15-18H,4-14H2,1-3H3/t15-,16?,17+,18?,29+/m1/s1. The SMILES string of the molecule is CC(C)(C)OC(=O)N1C2CCC1[C@@H]1CCOc3c(F)c(Br)c(F)c4nc(OC[C@@]56CCCN5C[C@H](F)C6)nc(c34)N1C2. The second kappa shape index (κ2) is 10.0. The number of fused-ring (bicyclic) bond motifs is 6. The molecule has 0 aliphatic carbocycles. The summed E-state index contributed by atoms with van der Waals surface area (Å²) >= 11 is 3.04. The number of piperazine rings is 1. The lowest BCUT2D eigenvalue weighted by atomic mass is 9.95. The molecule has 7 rings (SSSR count). The van der Waals surface area contributed by atoms with Crippen LogP contribution in [0, 0.1) is 11.6 Å². The van der Waals surface area contributed by atoms with E-state index < -0.39 is 28.9 Å². The Morgan fingerprint density at radius 2 is 1.95 bits per heavy atom. The maximum Gasteiger partial charge on any atom is 0.410 e. The van der Waals surface area contributed by atoms with Crippen LogP contribution in [-0.2, 0) is 4.74 Å². The molecule has 13 heteroatoms. The molecule has 0 spiro atoms. The maximum atomic E-state index is 15.7. The lowest BCUT2D eigenvalue weighted by Crippen LogP contribution is -2.62. The van der Waals surface area contributed by atoms with E-state index in [2.05, 4.69) is 25.8 Å². The van der Waals surface area contributed by atoms with Crippen LogP contribution >= 0.6 is 15.9 Å². The Hall–Kier alpha value is -2.54. The summed E-state index contributed by atoms with van der Waals surface area (Å²) in [6.45, 7) is 7.45. The van der Waals surface area contributed by atoms with E-state index in [0.717, 1.165) is 32.2 Å². The number of aromatic nitrogens is 2. The van der Waals surface area contributed by atoms with Gasteiger partial charge in [-0.05, 0) is 68.9 Å². The van der Waals surface area contributed by atoms with Crippen molar-refractivity contribution in [1.82, 2.24) is 19.8 Å². The zero-order valence-electron chi connectivity index (χ0n) is 24.0. The number of carbonyl (C=O) groups is 1. The first kappa shape index (κ1) is 28.2. The zero-order valence-corrected chi connectivity index (χ0v) is 25.6. The van der Waals surface area contributed by atoms with E-state index in [9.17, 15) is 9.18 Å². The number of carbonyl (C=O) groups excluding carboxylic acids is 1. The molecule has 5 atom stereocenters. The van der Waals surface area contributed by atoms with Crippen molar-refractivity contribution in [3.05, 3.63) is 16.1 Å². The number of hydrogen-bond donors (Lipinski definition) is 0. The first-order chi connectivity index (χ1) is 20.0. The monoisotopic (exact) mass is 653 g/mol. The summed E-state index contributed by atoms with van der Waals surface area (Å²) in [6.07, 6.45) is 2.86. The molecule has 0 saturated carbocycles.